The first kappa shape index (κ1) is 14.4. The number of hydrogen-bond acceptors (Lipinski definition) is 4. The van der Waals surface area contributed by atoms with E-state index in [0.29, 0.717) is 24.6 Å². The Morgan fingerprint density at radius 2 is 1.89 bits per heavy atom. The molecule has 1 atom stereocenters. The van der Waals surface area contributed by atoms with Gasteiger partial charge in [-0.1, -0.05) is 25.9 Å². The van der Waals surface area contributed by atoms with Gasteiger partial charge in [-0.25, -0.2) is 8.78 Å². The largest absolute Gasteiger partial charge is 0.339 e. The lowest BCUT2D eigenvalue weighted by atomic mass is 9.86. The van der Waals surface area contributed by atoms with Crippen LogP contribution < -0.4 is 5.73 Å². The number of aromatic nitrogens is 2. The summed E-state index contributed by atoms with van der Waals surface area (Å²) in [5.74, 6) is -1.70. The average molecular weight is 273 g/mol. The predicted molar refractivity (Wildman–Crippen MR) is 66.8 cm³/mol. The highest BCUT2D eigenvalue weighted by atomic mass is 19.3. The van der Waals surface area contributed by atoms with Gasteiger partial charge < -0.3 is 10.3 Å². The zero-order chi connectivity index (χ0) is 14.3. The molecule has 1 unspecified atom stereocenters. The molecule has 2 rings (SSSR count). The normalized spacial score (nSPS) is 22.4. The van der Waals surface area contributed by atoms with Gasteiger partial charge in [-0.05, 0) is 18.3 Å². The summed E-state index contributed by atoms with van der Waals surface area (Å²) in [4.78, 5) is 4.30. The van der Waals surface area contributed by atoms with Crippen LogP contribution in [0.1, 0.15) is 70.1 Å². The molecule has 1 aliphatic rings. The van der Waals surface area contributed by atoms with E-state index in [1.54, 1.807) is 0 Å². The fraction of sp³-hybridized carbons (Fsp3) is 0.846. The van der Waals surface area contributed by atoms with Gasteiger partial charge in [-0.3, -0.25) is 0 Å². The van der Waals surface area contributed by atoms with Crippen LogP contribution in [0.2, 0.25) is 0 Å². The van der Waals surface area contributed by atoms with Crippen LogP contribution in [0.4, 0.5) is 8.78 Å². The smallest absolute Gasteiger partial charge is 0.248 e. The van der Waals surface area contributed by atoms with Crippen molar-refractivity contribution in [3.8, 4) is 0 Å². The Kier molecular flexibility index (Phi) is 3.64. The number of alkyl halides is 2. The third-order valence-corrected chi connectivity index (χ3v) is 3.73. The van der Waals surface area contributed by atoms with Gasteiger partial charge in [0.05, 0.1) is 6.04 Å². The monoisotopic (exact) mass is 273 g/mol. The Morgan fingerprint density at radius 1 is 1.32 bits per heavy atom. The molecule has 1 saturated carbocycles. The quantitative estimate of drug-likeness (QED) is 0.896. The van der Waals surface area contributed by atoms with Crippen molar-refractivity contribution < 1.29 is 13.3 Å². The molecule has 1 aromatic heterocycles. The van der Waals surface area contributed by atoms with Crippen LogP contribution in [0.5, 0.6) is 0 Å². The van der Waals surface area contributed by atoms with Crippen LogP contribution in [-0.4, -0.2) is 16.1 Å². The van der Waals surface area contributed by atoms with Crippen molar-refractivity contribution in [3.05, 3.63) is 11.7 Å². The highest BCUT2D eigenvalue weighted by Gasteiger charge is 2.37. The predicted octanol–water partition coefficient (Wildman–Crippen LogP) is 3.41. The summed E-state index contributed by atoms with van der Waals surface area (Å²) >= 11 is 0. The molecule has 1 aliphatic carbocycles. The highest BCUT2D eigenvalue weighted by Crippen LogP contribution is 2.40. The van der Waals surface area contributed by atoms with Crippen LogP contribution in [0, 0.1) is 5.41 Å². The molecule has 1 aromatic rings. The molecule has 0 bridgehead atoms. The molecule has 0 saturated heterocycles. The second-order valence-electron chi connectivity index (χ2n) is 6.46. The molecule has 2 N–H and O–H groups in total. The van der Waals surface area contributed by atoms with Crippen LogP contribution in [0.3, 0.4) is 0 Å². The summed E-state index contributed by atoms with van der Waals surface area (Å²) in [6, 6.07) is -0.324. The van der Waals surface area contributed by atoms with Crippen molar-refractivity contribution in [1.29, 1.82) is 0 Å². The minimum Gasteiger partial charge on any atom is -0.339 e. The summed E-state index contributed by atoms with van der Waals surface area (Å²) in [7, 11) is 0. The molecule has 0 spiro atoms. The van der Waals surface area contributed by atoms with Gasteiger partial charge in [0, 0.05) is 18.8 Å². The lowest BCUT2D eigenvalue weighted by molar-refractivity contribution is -0.0402. The number of nitrogens with two attached hydrogens (primary N) is 1. The lowest BCUT2D eigenvalue weighted by Gasteiger charge is -2.26. The third-order valence-electron chi connectivity index (χ3n) is 3.73. The van der Waals surface area contributed by atoms with Crippen LogP contribution in [0.15, 0.2) is 4.52 Å². The molecule has 0 radical (unpaired) electrons. The standard InChI is InChI=1S/C13H21F2N3O/c1-12(2,3)9(16)10-17-11(19-18-10)8-4-6-13(14,15)7-5-8/h8-9H,4-7,16H2,1-3H3. The average Bonchev–Trinajstić information content (AvgIpc) is 2.76. The van der Waals surface area contributed by atoms with E-state index in [1.165, 1.54) is 0 Å². The Hall–Kier alpha value is -1.04. The van der Waals surface area contributed by atoms with E-state index in [0.717, 1.165) is 0 Å². The molecule has 0 aliphatic heterocycles. The third kappa shape index (κ3) is 3.29. The Balaban J connectivity index is 2.06. The van der Waals surface area contributed by atoms with Gasteiger partial charge in [-0.15, -0.1) is 0 Å². The minimum absolute atomic E-state index is 0.0620. The maximum atomic E-state index is 13.1. The molecule has 1 fully saturated rings. The van der Waals surface area contributed by atoms with Gasteiger partial charge in [0.2, 0.25) is 11.8 Å². The zero-order valence-corrected chi connectivity index (χ0v) is 11.6. The molecule has 6 heteroatoms. The van der Waals surface area contributed by atoms with Crippen molar-refractivity contribution >= 4 is 0 Å². The second kappa shape index (κ2) is 4.81. The maximum Gasteiger partial charge on any atom is 0.248 e. The minimum atomic E-state index is -2.54. The summed E-state index contributed by atoms with van der Waals surface area (Å²) in [5.41, 5.74) is 5.89. The molecule has 0 amide bonds. The molecular weight excluding hydrogens is 252 g/mol. The second-order valence-corrected chi connectivity index (χ2v) is 6.46. The van der Waals surface area contributed by atoms with Gasteiger partial charge in [-0.2, -0.15) is 4.98 Å². The number of halogens is 2. The fourth-order valence-corrected chi connectivity index (χ4v) is 2.21. The van der Waals surface area contributed by atoms with Crippen molar-refractivity contribution in [3.63, 3.8) is 0 Å². The van der Waals surface area contributed by atoms with Crippen LogP contribution in [-0.2, 0) is 0 Å². The van der Waals surface area contributed by atoms with E-state index in [-0.39, 0.29) is 30.2 Å². The van der Waals surface area contributed by atoms with E-state index in [4.69, 9.17) is 10.3 Å². The van der Waals surface area contributed by atoms with Gasteiger partial charge in [0.25, 0.3) is 0 Å². The highest BCUT2D eigenvalue weighted by molar-refractivity contribution is 5.02. The van der Waals surface area contributed by atoms with Crippen molar-refractivity contribution in [2.24, 2.45) is 11.1 Å². The van der Waals surface area contributed by atoms with Gasteiger partial charge in [0.15, 0.2) is 5.82 Å². The summed E-state index contributed by atoms with van der Waals surface area (Å²) in [6.45, 7) is 5.98. The van der Waals surface area contributed by atoms with E-state index < -0.39 is 5.92 Å². The lowest BCUT2D eigenvalue weighted by Crippen LogP contribution is -2.27. The van der Waals surface area contributed by atoms with E-state index in [9.17, 15) is 8.78 Å². The van der Waals surface area contributed by atoms with Gasteiger partial charge >= 0.3 is 0 Å². The van der Waals surface area contributed by atoms with E-state index >= 15 is 0 Å². The summed E-state index contributed by atoms with van der Waals surface area (Å²) < 4.78 is 31.4. The first-order chi connectivity index (χ1) is 8.69. The molecule has 0 aromatic carbocycles. The number of nitrogens with zero attached hydrogens (tertiary/aromatic N) is 2. The molecule has 108 valence electrons. The van der Waals surface area contributed by atoms with Crippen molar-refractivity contribution in [2.45, 2.75) is 64.3 Å². The van der Waals surface area contributed by atoms with E-state index in [2.05, 4.69) is 10.1 Å². The number of rotatable bonds is 2. The topological polar surface area (TPSA) is 64.9 Å². The Morgan fingerprint density at radius 3 is 2.42 bits per heavy atom. The first-order valence-corrected chi connectivity index (χ1v) is 6.66. The van der Waals surface area contributed by atoms with Gasteiger partial charge in [0.1, 0.15) is 0 Å². The van der Waals surface area contributed by atoms with Crippen LogP contribution >= 0.6 is 0 Å². The van der Waals surface area contributed by atoms with E-state index in [1.807, 2.05) is 20.8 Å². The maximum absolute atomic E-state index is 13.1. The molecule has 1 heterocycles. The van der Waals surface area contributed by atoms with Crippen molar-refractivity contribution in [2.75, 3.05) is 0 Å². The summed E-state index contributed by atoms with van der Waals surface area (Å²) in [5, 5.41) is 3.90. The summed E-state index contributed by atoms with van der Waals surface area (Å²) in [6.07, 6.45) is 0.556. The SMILES string of the molecule is CC(C)(C)C(N)c1noc(C2CCC(F)(F)CC2)n1. The Labute approximate surface area is 111 Å². The fourth-order valence-electron chi connectivity index (χ4n) is 2.21. The Bertz CT molecular complexity index is 429. The number of hydrogen-bond donors (Lipinski definition) is 1. The molecular formula is C13H21F2N3O. The first-order valence-electron chi connectivity index (χ1n) is 6.66. The van der Waals surface area contributed by atoms with Crippen molar-refractivity contribution in [1.82, 2.24) is 10.1 Å². The van der Waals surface area contributed by atoms with Crippen LogP contribution in [0.25, 0.3) is 0 Å². The zero-order valence-electron chi connectivity index (χ0n) is 11.6. The molecule has 19 heavy (non-hydrogen) atoms. The molecule has 4 nitrogen and oxygen atoms in total.